The maximum Gasteiger partial charge on any atom is 0.166 e. The topological polar surface area (TPSA) is 20.3 Å². The highest BCUT2D eigenvalue weighted by atomic mass is 32.2. The normalized spacial score (nSPS) is 14.4. The number of carbonyl (C=O) groups is 1. The molecule has 19 heavy (non-hydrogen) atoms. The lowest BCUT2D eigenvalue weighted by molar-refractivity contribution is 0.0890. The zero-order chi connectivity index (χ0) is 14.3. The predicted octanol–water partition coefficient (Wildman–Crippen LogP) is 3.58. The van der Waals surface area contributed by atoms with Crippen molar-refractivity contribution >= 4 is 17.5 Å². The fourth-order valence-electron chi connectivity index (χ4n) is 2.30. The summed E-state index contributed by atoms with van der Waals surface area (Å²) in [4.78, 5) is 14.6. The van der Waals surface area contributed by atoms with Crippen LogP contribution < -0.4 is 0 Å². The van der Waals surface area contributed by atoms with Crippen molar-refractivity contribution in [2.75, 3.05) is 25.6 Å². The fourth-order valence-corrected chi connectivity index (χ4v) is 3.18. The maximum atomic E-state index is 12.3. The maximum absolute atomic E-state index is 12.3. The summed E-state index contributed by atoms with van der Waals surface area (Å²) in [6, 6.07) is 10.1. The summed E-state index contributed by atoms with van der Waals surface area (Å²) < 4.78 is 0. The number of rotatable bonds is 8. The minimum atomic E-state index is 0.0447. The van der Waals surface area contributed by atoms with Crippen LogP contribution in [0.5, 0.6) is 0 Å². The standard InChI is InChI=1S/C16H25NOS/c1-5-15(12-19-4)17(3)11-13(2)16(18)14-9-7-6-8-10-14/h6-10,13,15H,5,11-12H2,1-4H3. The monoisotopic (exact) mass is 279 g/mol. The third-order valence-corrected chi connectivity index (χ3v) is 4.24. The third-order valence-electron chi connectivity index (χ3n) is 3.52. The van der Waals surface area contributed by atoms with E-state index in [-0.39, 0.29) is 11.7 Å². The van der Waals surface area contributed by atoms with E-state index in [1.54, 1.807) is 0 Å². The number of thioether (sulfide) groups is 1. The van der Waals surface area contributed by atoms with Crippen LogP contribution in [0.1, 0.15) is 30.6 Å². The number of nitrogens with zero attached hydrogens (tertiary/aromatic N) is 1. The van der Waals surface area contributed by atoms with Gasteiger partial charge in [-0.1, -0.05) is 44.2 Å². The van der Waals surface area contributed by atoms with Crippen LogP contribution >= 0.6 is 11.8 Å². The molecule has 2 atom stereocenters. The number of carbonyl (C=O) groups excluding carboxylic acids is 1. The molecular formula is C16H25NOS. The van der Waals surface area contributed by atoms with E-state index in [1.807, 2.05) is 49.0 Å². The highest BCUT2D eigenvalue weighted by Crippen LogP contribution is 2.14. The molecule has 2 unspecified atom stereocenters. The fraction of sp³-hybridized carbons (Fsp3) is 0.562. The van der Waals surface area contributed by atoms with Crippen molar-refractivity contribution in [2.45, 2.75) is 26.3 Å². The Balaban J connectivity index is 2.59. The van der Waals surface area contributed by atoms with Gasteiger partial charge in [0.1, 0.15) is 0 Å². The first kappa shape index (κ1) is 16.3. The minimum absolute atomic E-state index is 0.0447. The van der Waals surface area contributed by atoms with Gasteiger partial charge in [-0.3, -0.25) is 4.79 Å². The van der Waals surface area contributed by atoms with Crippen molar-refractivity contribution in [2.24, 2.45) is 5.92 Å². The van der Waals surface area contributed by atoms with Gasteiger partial charge in [0.15, 0.2) is 5.78 Å². The molecule has 1 aromatic rings. The van der Waals surface area contributed by atoms with E-state index in [0.29, 0.717) is 6.04 Å². The van der Waals surface area contributed by atoms with Gasteiger partial charge in [-0.2, -0.15) is 11.8 Å². The van der Waals surface area contributed by atoms with E-state index in [1.165, 1.54) is 0 Å². The van der Waals surface area contributed by atoms with Crippen LogP contribution in [0.2, 0.25) is 0 Å². The quantitative estimate of drug-likeness (QED) is 0.678. The summed E-state index contributed by atoms with van der Waals surface area (Å²) in [6.07, 6.45) is 3.26. The number of ketones is 1. The van der Waals surface area contributed by atoms with Crippen molar-refractivity contribution in [1.82, 2.24) is 4.90 Å². The Bertz CT molecular complexity index is 380. The van der Waals surface area contributed by atoms with Gasteiger partial charge in [0, 0.05) is 29.8 Å². The van der Waals surface area contributed by atoms with Crippen LogP contribution in [0.4, 0.5) is 0 Å². The highest BCUT2D eigenvalue weighted by molar-refractivity contribution is 7.98. The largest absolute Gasteiger partial charge is 0.302 e. The second-order valence-electron chi connectivity index (χ2n) is 5.09. The molecule has 0 saturated carbocycles. The van der Waals surface area contributed by atoms with E-state index in [0.717, 1.165) is 24.3 Å². The molecule has 0 heterocycles. The smallest absolute Gasteiger partial charge is 0.166 e. The molecule has 2 nitrogen and oxygen atoms in total. The van der Waals surface area contributed by atoms with E-state index >= 15 is 0 Å². The minimum Gasteiger partial charge on any atom is -0.302 e. The van der Waals surface area contributed by atoms with E-state index in [4.69, 9.17) is 0 Å². The lowest BCUT2D eigenvalue weighted by atomic mass is 9.98. The SMILES string of the molecule is CCC(CSC)N(C)CC(C)C(=O)c1ccccc1. The average molecular weight is 279 g/mol. The second-order valence-corrected chi connectivity index (χ2v) is 6.00. The van der Waals surface area contributed by atoms with Crippen molar-refractivity contribution < 1.29 is 4.79 Å². The Hall–Kier alpha value is -0.800. The van der Waals surface area contributed by atoms with Crippen LogP contribution in [0.25, 0.3) is 0 Å². The molecule has 0 saturated heterocycles. The molecule has 0 N–H and O–H groups in total. The molecule has 1 aromatic carbocycles. The first-order chi connectivity index (χ1) is 9.10. The molecule has 0 aliphatic heterocycles. The summed E-state index contributed by atoms with van der Waals surface area (Å²) in [5, 5.41) is 0. The average Bonchev–Trinajstić information content (AvgIpc) is 2.44. The molecule has 106 valence electrons. The lowest BCUT2D eigenvalue weighted by Crippen LogP contribution is -2.38. The molecule has 1 rings (SSSR count). The molecule has 0 fully saturated rings. The van der Waals surface area contributed by atoms with E-state index in [9.17, 15) is 4.79 Å². The van der Waals surface area contributed by atoms with Gasteiger partial charge >= 0.3 is 0 Å². The highest BCUT2D eigenvalue weighted by Gasteiger charge is 2.20. The predicted molar refractivity (Wildman–Crippen MR) is 85.0 cm³/mol. The van der Waals surface area contributed by atoms with Crippen LogP contribution in [0.3, 0.4) is 0 Å². The Morgan fingerprint density at radius 1 is 1.32 bits per heavy atom. The summed E-state index contributed by atoms with van der Waals surface area (Å²) >= 11 is 1.87. The van der Waals surface area contributed by atoms with Gasteiger partial charge < -0.3 is 4.90 Å². The molecule has 3 heteroatoms. The summed E-state index contributed by atoms with van der Waals surface area (Å²) in [6.45, 7) is 5.06. The Labute approximate surface area is 121 Å². The van der Waals surface area contributed by atoms with Crippen LogP contribution in [-0.2, 0) is 0 Å². The lowest BCUT2D eigenvalue weighted by Gasteiger charge is -2.28. The number of hydrogen-bond donors (Lipinski definition) is 0. The first-order valence-corrected chi connectivity index (χ1v) is 8.28. The van der Waals surface area contributed by atoms with Crippen LogP contribution in [-0.4, -0.2) is 42.3 Å². The Morgan fingerprint density at radius 3 is 2.47 bits per heavy atom. The molecule has 0 amide bonds. The number of Topliss-reactive ketones (excluding diaryl/α,β-unsaturated/α-hetero) is 1. The van der Waals surface area contributed by atoms with Gasteiger partial charge in [-0.15, -0.1) is 0 Å². The zero-order valence-electron chi connectivity index (χ0n) is 12.4. The van der Waals surface area contributed by atoms with Gasteiger partial charge in [0.2, 0.25) is 0 Å². The molecule has 0 aromatic heterocycles. The third kappa shape index (κ3) is 5.00. The molecular weight excluding hydrogens is 254 g/mol. The second kappa shape index (κ2) is 8.39. The summed E-state index contributed by atoms with van der Waals surface area (Å²) in [7, 11) is 2.12. The van der Waals surface area contributed by atoms with Crippen molar-refractivity contribution in [1.29, 1.82) is 0 Å². The molecule has 0 aliphatic carbocycles. The molecule has 0 aliphatic rings. The zero-order valence-corrected chi connectivity index (χ0v) is 13.2. The molecule has 0 radical (unpaired) electrons. The van der Waals surface area contributed by atoms with E-state index < -0.39 is 0 Å². The van der Waals surface area contributed by atoms with Crippen LogP contribution in [0, 0.1) is 5.92 Å². The van der Waals surface area contributed by atoms with E-state index in [2.05, 4.69) is 25.1 Å². The van der Waals surface area contributed by atoms with Gasteiger partial charge in [0.05, 0.1) is 0 Å². The van der Waals surface area contributed by atoms with Crippen molar-refractivity contribution in [3.05, 3.63) is 35.9 Å². The number of hydrogen-bond acceptors (Lipinski definition) is 3. The summed E-state index contributed by atoms with van der Waals surface area (Å²) in [5.74, 6) is 1.41. The number of benzene rings is 1. The Morgan fingerprint density at radius 2 is 1.95 bits per heavy atom. The molecule has 0 bridgehead atoms. The molecule has 0 spiro atoms. The first-order valence-electron chi connectivity index (χ1n) is 6.88. The van der Waals surface area contributed by atoms with Crippen LogP contribution in [0.15, 0.2) is 30.3 Å². The van der Waals surface area contributed by atoms with Gasteiger partial charge in [-0.25, -0.2) is 0 Å². The Kier molecular flexibility index (Phi) is 7.17. The summed E-state index contributed by atoms with van der Waals surface area (Å²) in [5.41, 5.74) is 0.821. The van der Waals surface area contributed by atoms with Crippen molar-refractivity contribution in [3.63, 3.8) is 0 Å². The van der Waals surface area contributed by atoms with Crippen molar-refractivity contribution in [3.8, 4) is 0 Å². The van der Waals surface area contributed by atoms with Gasteiger partial charge in [-0.05, 0) is 19.7 Å². The van der Waals surface area contributed by atoms with Gasteiger partial charge in [0.25, 0.3) is 0 Å².